The van der Waals surface area contributed by atoms with Gasteiger partial charge in [0.1, 0.15) is 5.75 Å². The second kappa shape index (κ2) is 13.4. The van der Waals surface area contributed by atoms with E-state index in [-0.39, 0.29) is 0 Å². The van der Waals surface area contributed by atoms with E-state index >= 15 is 0 Å². The van der Waals surface area contributed by atoms with Crippen molar-refractivity contribution in [1.82, 2.24) is 0 Å². The average molecular weight is 535 g/mol. The normalized spacial score (nSPS) is 11.7. The lowest BCUT2D eigenvalue weighted by atomic mass is 10.3. The molecule has 180 valence electrons. The fourth-order valence-corrected chi connectivity index (χ4v) is 11.8. The molecule has 0 bridgehead atoms. The molecule has 0 aliphatic carbocycles. The molecule has 7 heteroatoms. The maximum Gasteiger partial charge on any atom is 0.116 e. The van der Waals surface area contributed by atoms with Crippen molar-refractivity contribution in [1.29, 1.82) is 0 Å². The number of rotatable bonds is 7. The molecule has 0 unspecified atom stereocenters. The summed E-state index contributed by atoms with van der Waals surface area (Å²) >= 11 is 0. The first-order valence-corrected chi connectivity index (χ1v) is 30.0. The Labute approximate surface area is 209 Å². The molecule has 0 aliphatic heterocycles. The molecule has 0 aromatic heterocycles. The van der Waals surface area contributed by atoms with Crippen LogP contribution in [0.1, 0.15) is 0 Å². The summed E-state index contributed by atoms with van der Waals surface area (Å²) in [5, 5.41) is 9.77. The first-order valence-electron chi connectivity index (χ1n) is 12.7. The van der Waals surface area contributed by atoms with Gasteiger partial charge in [0.15, 0.2) is 0 Å². The molecule has 1 nitrogen and oxygen atoms in total. The van der Waals surface area contributed by atoms with E-state index in [9.17, 15) is 0 Å². The van der Waals surface area contributed by atoms with Gasteiger partial charge in [-0.1, -0.05) is 130 Å². The second-order valence-electron chi connectivity index (χ2n) is 11.1. The minimum atomic E-state index is -0.805. The van der Waals surface area contributed by atoms with Crippen molar-refractivity contribution in [3.05, 3.63) is 30.3 Å². The Kier molecular flexibility index (Phi) is 12.4. The summed E-state index contributed by atoms with van der Waals surface area (Å²) in [5.41, 5.74) is 0. The highest BCUT2D eigenvalue weighted by molar-refractivity contribution is 6.79. The zero-order valence-electron chi connectivity index (χ0n) is 23.3. The molecule has 0 N–H and O–H groups in total. The van der Waals surface area contributed by atoms with Crippen LogP contribution >= 0.6 is 0 Å². The number of hydrogen-bond donors (Lipinski definition) is 0. The van der Waals surface area contributed by atoms with Gasteiger partial charge in [0.25, 0.3) is 0 Å². The van der Waals surface area contributed by atoms with Crippen LogP contribution in [-0.2, 0) is 0 Å². The van der Waals surface area contributed by atoms with Crippen molar-refractivity contribution < 1.29 is 4.74 Å². The summed E-state index contributed by atoms with van der Waals surface area (Å²) in [6.45, 7) is 29.0. The molecule has 0 fully saturated rings. The Morgan fingerprint density at radius 3 is 0.844 bits per heavy atom. The third kappa shape index (κ3) is 8.39. The number of benzene rings is 2. The van der Waals surface area contributed by atoms with E-state index in [4.69, 9.17) is 4.74 Å². The predicted molar refractivity (Wildman–Crippen MR) is 171 cm³/mol. The van der Waals surface area contributed by atoms with Gasteiger partial charge >= 0.3 is 0 Å². The lowest BCUT2D eigenvalue weighted by Crippen LogP contribution is -2.41. The van der Waals surface area contributed by atoms with Gasteiger partial charge in [-0.15, -0.1) is 0 Å². The third-order valence-electron chi connectivity index (χ3n) is 6.28. The first kappa shape index (κ1) is 29.6. The molecular formula is C25H50OSi6. The second-order valence-corrected chi connectivity index (χ2v) is 28.9. The molecule has 0 saturated heterocycles. The molecule has 0 atom stereocenters. The smallest absolute Gasteiger partial charge is 0.116 e. The number of ether oxygens (including phenoxy) is 1. The summed E-state index contributed by atoms with van der Waals surface area (Å²) in [6, 6.07) is 12.4. The summed E-state index contributed by atoms with van der Waals surface area (Å²) in [5.74, 6) is 1.23. The highest BCUT2D eigenvalue weighted by Gasteiger charge is 2.18. The Hall–Kier alpha value is -0.459. The predicted octanol–water partition coefficient (Wildman–Crippen LogP) is 1.54. The fraction of sp³-hybridized carbons (Fsp3) is 0.520. The van der Waals surface area contributed by atoms with Crippen molar-refractivity contribution in [3.63, 3.8) is 0 Å². The highest BCUT2D eigenvalue weighted by atomic mass is 28.3. The fourth-order valence-electron chi connectivity index (χ4n) is 3.83. The van der Waals surface area contributed by atoms with Crippen LogP contribution in [0, 0.1) is 0 Å². The Bertz CT molecular complexity index is 766. The van der Waals surface area contributed by atoms with Crippen LogP contribution in [0.4, 0.5) is 0 Å². The van der Waals surface area contributed by atoms with Crippen LogP contribution in [0.25, 0.3) is 0 Å². The molecule has 0 amide bonds. The Balaban J connectivity index is 0.000000323. The molecular weight excluding hydrogens is 485 g/mol. The molecule has 2 aromatic rings. The van der Waals surface area contributed by atoms with Crippen molar-refractivity contribution in [3.8, 4) is 5.75 Å². The van der Waals surface area contributed by atoms with Gasteiger partial charge in [-0.3, -0.25) is 0 Å². The molecule has 0 spiro atoms. The van der Waals surface area contributed by atoms with Crippen LogP contribution < -0.4 is 35.9 Å². The SMILES string of the molecule is COc1c([SiH](C)C)cc([SiH](C)C)cc1[SiH](C)C.C[SiH](C)c1cc([SiH](C)C)cc([SiH](C)C)c1. The minimum Gasteiger partial charge on any atom is -0.497 e. The highest BCUT2D eigenvalue weighted by Crippen LogP contribution is 2.07. The van der Waals surface area contributed by atoms with Crippen LogP contribution in [0.2, 0.25) is 78.6 Å². The van der Waals surface area contributed by atoms with Crippen molar-refractivity contribution >= 4 is 83.9 Å². The van der Waals surface area contributed by atoms with E-state index in [2.05, 4.69) is 109 Å². The molecule has 32 heavy (non-hydrogen) atoms. The topological polar surface area (TPSA) is 9.23 Å². The Morgan fingerprint density at radius 1 is 0.406 bits per heavy atom. The number of hydrogen-bond acceptors (Lipinski definition) is 1. The largest absolute Gasteiger partial charge is 0.497 e. The standard InChI is InChI=1S/C13H26OSi3.C12H24Si3/c1-14-13-11(16(4)5)8-10(15(2)3)9-12(13)17(6)7;1-13(2)10-7-11(14(3)4)9-12(8-10)15(5)6/h8-9,15-17H,1-7H3;7-9,13-15H,1-6H3. The van der Waals surface area contributed by atoms with Crippen LogP contribution in [0.5, 0.6) is 5.75 Å². The lowest BCUT2D eigenvalue weighted by molar-refractivity contribution is 0.421. The maximum absolute atomic E-state index is 5.72. The van der Waals surface area contributed by atoms with Gasteiger partial charge in [0.05, 0.1) is 59.9 Å². The van der Waals surface area contributed by atoms with Gasteiger partial charge in [-0.2, -0.15) is 0 Å². The molecule has 0 heterocycles. The van der Waals surface area contributed by atoms with E-state index in [1.807, 2.05) is 7.11 Å². The van der Waals surface area contributed by atoms with E-state index in [1.165, 1.54) is 5.75 Å². The van der Waals surface area contributed by atoms with Gasteiger partial charge < -0.3 is 4.74 Å². The minimum absolute atomic E-state index is 0.623. The van der Waals surface area contributed by atoms with E-state index in [0.29, 0.717) is 0 Å². The maximum atomic E-state index is 5.72. The average Bonchev–Trinajstić information content (AvgIpc) is 2.72. The van der Waals surface area contributed by atoms with E-state index < -0.39 is 52.8 Å². The van der Waals surface area contributed by atoms with Gasteiger partial charge in [-0.05, 0) is 10.4 Å². The molecule has 0 aliphatic rings. The molecule has 2 aromatic carbocycles. The lowest BCUT2D eigenvalue weighted by Gasteiger charge is -2.20. The first-order chi connectivity index (χ1) is 14.8. The monoisotopic (exact) mass is 534 g/mol. The summed E-state index contributed by atoms with van der Waals surface area (Å²) in [7, 11) is -2.35. The van der Waals surface area contributed by atoms with Crippen molar-refractivity contribution in [2.45, 2.75) is 78.6 Å². The van der Waals surface area contributed by atoms with Crippen LogP contribution in [-0.4, -0.2) is 59.9 Å². The molecule has 0 radical (unpaired) electrons. The Morgan fingerprint density at radius 2 is 0.656 bits per heavy atom. The third-order valence-corrected chi connectivity index (χ3v) is 16.3. The van der Waals surface area contributed by atoms with Gasteiger partial charge in [0, 0.05) is 0 Å². The van der Waals surface area contributed by atoms with Gasteiger partial charge in [-0.25, -0.2) is 0 Å². The summed E-state index contributed by atoms with van der Waals surface area (Å²) in [6.07, 6.45) is 0. The zero-order valence-corrected chi connectivity index (χ0v) is 30.2. The summed E-state index contributed by atoms with van der Waals surface area (Å²) < 4.78 is 5.72. The number of methoxy groups -OCH3 is 1. The van der Waals surface area contributed by atoms with E-state index in [1.54, 1.807) is 31.1 Å². The summed E-state index contributed by atoms with van der Waals surface area (Å²) in [4.78, 5) is 0. The van der Waals surface area contributed by atoms with E-state index in [0.717, 1.165) is 0 Å². The van der Waals surface area contributed by atoms with Gasteiger partial charge in [0.2, 0.25) is 0 Å². The quantitative estimate of drug-likeness (QED) is 0.490. The van der Waals surface area contributed by atoms with Crippen LogP contribution in [0.3, 0.4) is 0 Å². The van der Waals surface area contributed by atoms with Crippen molar-refractivity contribution in [2.24, 2.45) is 0 Å². The molecule has 0 saturated carbocycles. The molecule has 2 rings (SSSR count). The van der Waals surface area contributed by atoms with Crippen LogP contribution in [0.15, 0.2) is 30.3 Å². The van der Waals surface area contributed by atoms with Crippen molar-refractivity contribution in [2.75, 3.05) is 7.11 Å². The zero-order chi connectivity index (χ0) is 24.7.